The molecule has 1 aliphatic rings. The molecule has 0 spiro atoms. The second kappa shape index (κ2) is 4.30. The topological polar surface area (TPSA) is 86.9 Å². The van der Waals surface area contributed by atoms with Gasteiger partial charge in [0.15, 0.2) is 0 Å². The molecule has 0 radical (unpaired) electrons. The van der Waals surface area contributed by atoms with Crippen molar-refractivity contribution in [3.63, 3.8) is 0 Å². The summed E-state index contributed by atoms with van der Waals surface area (Å²) in [6.45, 7) is 1.08. The molecule has 6 nitrogen and oxygen atoms in total. The van der Waals surface area contributed by atoms with Crippen LogP contribution >= 0.6 is 0 Å². The maximum Gasteiger partial charge on any atom is 0.243 e. The van der Waals surface area contributed by atoms with E-state index < -0.39 is 10.0 Å². The molecule has 0 aromatic carbocycles. The summed E-state index contributed by atoms with van der Waals surface area (Å²) < 4.78 is 25.6. The highest BCUT2D eigenvalue weighted by Gasteiger charge is 2.20. The number of aromatic nitrogens is 2. The molecule has 0 aliphatic heterocycles. The van der Waals surface area contributed by atoms with Crippen LogP contribution in [0, 0.1) is 0 Å². The summed E-state index contributed by atoms with van der Waals surface area (Å²) >= 11 is 0. The lowest BCUT2D eigenvalue weighted by Gasteiger charge is -2.04. The SMILES string of the molecule is O=S(=O)(NCCNC1CC1)c1cn[nH]c1. The molecule has 0 bridgehead atoms. The van der Waals surface area contributed by atoms with Gasteiger partial charge in [-0.2, -0.15) is 5.10 Å². The minimum absolute atomic E-state index is 0.175. The first-order valence-corrected chi connectivity index (χ1v) is 6.38. The molecule has 0 unspecified atom stereocenters. The first-order valence-electron chi connectivity index (χ1n) is 4.90. The van der Waals surface area contributed by atoms with Crippen LogP contribution in [0.5, 0.6) is 0 Å². The first kappa shape index (κ1) is 10.6. The molecule has 7 heteroatoms. The Morgan fingerprint density at radius 3 is 2.87 bits per heavy atom. The van der Waals surface area contributed by atoms with Gasteiger partial charge in [0, 0.05) is 25.3 Å². The lowest BCUT2D eigenvalue weighted by Crippen LogP contribution is -2.32. The van der Waals surface area contributed by atoms with Crippen LogP contribution in [0.3, 0.4) is 0 Å². The minimum Gasteiger partial charge on any atom is -0.313 e. The number of nitrogens with one attached hydrogen (secondary N) is 3. The van der Waals surface area contributed by atoms with Crippen LogP contribution in [-0.2, 0) is 10.0 Å². The van der Waals surface area contributed by atoms with Crippen LogP contribution in [0.1, 0.15) is 12.8 Å². The van der Waals surface area contributed by atoms with Crippen molar-refractivity contribution in [1.82, 2.24) is 20.2 Å². The van der Waals surface area contributed by atoms with Gasteiger partial charge in [0.05, 0.1) is 6.20 Å². The van der Waals surface area contributed by atoms with Crippen LogP contribution < -0.4 is 10.0 Å². The van der Waals surface area contributed by atoms with Crippen molar-refractivity contribution < 1.29 is 8.42 Å². The van der Waals surface area contributed by atoms with Gasteiger partial charge in [-0.05, 0) is 12.8 Å². The standard InChI is InChI=1S/C8H14N4O2S/c13-15(14,8-5-10-11-6-8)12-4-3-9-7-1-2-7/h5-7,9,12H,1-4H2,(H,10,11). The third kappa shape index (κ3) is 3.01. The van der Waals surface area contributed by atoms with Crippen molar-refractivity contribution in [2.75, 3.05) is 13.1 Å². The van der Waals surface area contributed by atoms with E-state index in [2.05, 4.69) is 20.2 Å². The molecule has 84 valence electrons. The maximum atomic E-state index is 11.6. The number of sulfonamides is 1. The second-order valence-electron chi connectivity index (χ2n) is 3.56. The number of hydrogen-bond donors (Lipinski definition) is 3. The molecule has 0 amide bonds. The molecule has 3 N–H and O–H groups in total. The first-order chi connectivity index (χ1) is 7.18. The van der Waals surface area contributed by atoms with Crippen LogP contribution in [0.2, 0.25) is 0 Å². The zero-order valence-electron chi connectivity index (χ0n) is 8.23. The Labute approximate surface area is 88.5 Å². The third-order valence-corrected chi connectivity index (χ3v) is 3.64. The molecule has 15 heavy (non-hydrogen) atoms. The highest BCUT2D eigenvalue weighted by molar-refractivity contribution is 7.89. The van der Waals surface area contributed by atoms with Crippen LogP contribution in [-0.4, -0.2) is 37.7 Å². The van der Waals surface area contributed by atoms with Crippen LogP contribution in [0.4, 0.5) is 0 Å². The molecular weight excluding hydrogens is 216 g/mol. The highest BCUT2D eigenvalue weighted by Crippen LogP contribution is 2.17. The molecule has 1 fully saturated rings. The number of hydrogen-bond acceptors (Lipinski definition) is 4. The van der Waals surface area contributed by atoms with Gasteiger partial charge in [-0.3, -0.25) is 5.10 Å². The van der Waals surface area contributed by atoms with E-state index in [-0.39, 0.29) is 4.90 Å². The van der Waals surface area contributed by atoms with Gasteiger partial charge in [-0.15, -0.1) is 0 Å². The minimum atomic E-state index is -3.38. The monoisotopic (exact) mass is 230 g/mol. The average molecular weight is 230 g/mol. The van der Waals surface area contributed by atoms with Crippen molar-refractivity contribution in [2.24, 2.45) is 0 Å². The molecule has 1 saturated carbocycles. The predicted molar refractivity (Wildman–Crippen MR) is 54.8 cm³/mol. The molecule has 1 aromatic rings. The molecule has 1 aliphatic carbocycles. The van der Waals surface area contributed by atoms with Crippen LogP contribution in [0.25, 0.3) is 0 Å². The van der Waals surface area contributed by atoms with Gasteiger partial charge in [0.2, 0.25) is 10.0 Å². The Kier molecular flexibility index (Phi) is 3.03. The zero-order chi connectivity index (χ0) is 10.7. The lowest BCUT2D eigenvalue weighted by molar-refractivity contribution is 0.575. The number of rotatable bonds is 6. The fourth-order valence-corrected chi connectivity index (χ4v) is 2.16. The number of aromatic amines is 1. The summed E-state index contributed by atoms with van der Waals surface area (Å²) in [5, 5.41) is 9.29. The third-order valence-electron chi connectivity index (χ3n) is 2.21. The molecular formula is C8H14N4O2S. The van der Waals surface area contributed by atoms with E-state index in [1.54, 1.807) is 0 Å². The number of H-pyrrole nitrogens is 1. The fraction of sp³-hybridized carbons (Fsp3) is 0.625. The summed E-state index contributed by atoms with van der Waals surface area (Å²) in [4.78, 5) is 0.175. The van der Waals surface area contributed by atoms with Crippen molar-refractivity contribution in [3.8, 4) is 0 Å². The fourth-order valence-electron chi connectivity index (χ4n) is 1.22. The summed E-state index contributed by atoms with van der Waals surface area (Å²) in [5.41, 5.74) is 0. The summed E-state index contributed by atoms with van der Waals surface area (Å²) in [6, 6.07) is 0.600. The Morgan fingerprint density at radius 1 is 1.47 bits per heavy atom. The highest BCUT2D eigenvalue weighted by atomic mass is 32.2. The van der Waals surface area contributed by atoms with Crippen molar-refractivity contribution in [1.29, 1.82) is 0 Å². The van der Waals surface area contributed by atoms with Gasteiger partial charge in [0.1, 0.15) is 4.90 Å². The Balaban J connectivity index is 1.77. The summed E-state index contributed by atoms with van der Waals surface area (Å²) in [6.07, 6.45) is 5.05. The Bertz CT molecular complexity index is 396. The largest absolute Gasteiger partial charge is 0.313 e. The predicted octanol–water partition coefficient (Wildman–Crippen LogP) is -0.560. The normalized spacial score (nSPS) is 16.8. The second-order valence-corrected chi connectivity index (χ2v) is 5.33. The quantitative estimate of drug-likeness (QED) is 0.572. The van der Waals surface area contributed by atoms with Gasteiger partial charge >= 0.3 is 0 Å². The molecule has 2 rings (SSSR count). The van der Waals surface area contributed by atoms with E-state index in [0.29, 0.717) is 19.1 Å². The Morgan fingerprint density at radius 2 is 2.27 bits per heavy atom. The number of nitrogens with zero attached hydrogens (tertiary/aromatic N) is 1. The molecule has 1 aromatic heterocycles. The van der Waals surface area contributed by atoms with E-state index in [4.69, 9.17) is 0 Å². The van der Waals surface area contributed by atoms with Crippen LogP contribution in [0.15, 0.2) is 17.3 Å². The van der Waals surface area contributed by atoms with Gasteiger partial charge in [-0.25, -0.2) is 13.1 Å². The van der Waals surface area contributed by atoms with Gasteiger partial charge in [0.25, 0.3) is 0 Å². The zero-order valence-corrected chi connectivity index (χ0v) is 9.05. The van der Waals surface area contributed by atoms with Gasteiger partial charge < -0.3 is 5.32 Å². The smallest absolute Gasteiger partial charge is 0.243 e. The van der Waals surface area contributed by atoms with E-state index in [9.17, 15) is 8.42 Å². The lowest BCUT2D eigenvalue weighted by atomic mass is 10.6. The van der Waals surface area contributed by atoms with E-state index in [0.717, 1.165) is 0 Å². The van der Waals surface area contributed by atoms with Crippen molar-refractivity contribution in [3.05, 3.63) is 12.4 Å². The summed E-state index contributed by atoms with van der Waals surface area (Å²) in [7, 11) is -3.38. The Hall–Kier alpha value is -0.920. The maximum absolute atomic E-state index is 11.6. The van der Waals surface area contributed by atoms with Gasteiger partial charge in [-0.1, -0.05) is 0 Å². The van der Waals surface area contributed by atoms with E-state index in [1.807, 2.05) is 0 Å². The summed E-state index contributed by atoms with van der Waals surface area (Å²) in [5.74, 6) is 0. The van der Waals surface area contributed by atoms with Crippen molar-refractivity contribution in [2.45, 2.75) is 23.8 Å². The van der Waals surface area contributed by atoms with E-state index in [1.165, 1.54) is 25.2 Å². The van der Waals surface area contributed by atoms with E-state index >= 15 is 0 Å². The molecule has 1 heterocycles. The average Bonchev–Trinajstić information content (AvgIpc) is 2.83. The molecule has 0 atom stereocenters. The molecule has 0 saturated heterocycles. The van der Waals surface area contributed by atoms with Crippen molar-refractivity contribution >= 4 is 10.0 Å².